The third-order valence-corrected chi connectivity index (χ3v) is 8.73. The van der Waals surface area contributed by atoms with E-state index in [1.807, 2.05) is 17.6 Å². The van der Waals surface area contributed by atoms with Gasteiger partial charge < -0.3 is 20.5 Å². The quantitative estimate of drug-likeness (QED) is 0.263. The first-order valence-corrected chi connectivity index (χ1v) is 14.4. The molecule has 7 rings (SSSR count). The lowest BCUT2D eigenvalue weighted by atomic mass is 9.99. The van der Waals surface area contributed by atoms with Gasteiger partial charge in [0.05, 0.1) is 10.9 Å². The number of pyridine rings is 1. The minimum atomic E-state index is -0.547. The number of nitrogens with two attached hydrogens (primary N) is 1. The number of aromatic nitrogens is 4. The van der Waals surface area contributed by atoms with Gasteiger partial charge in [-0.1, -0.05) is 35.9 Å². The summed E-state index contributed by atoms with van der Waals surface area (Å²) in [5.74, 6) is 0.833. The third-order valence-electron chi connectivity index (χ3n) is 8.29. The number of carbonyl (C=O) groups excluding carboxylic acids is 2. The van der Waals surface area contributed by atoms with Crippen LogP contribution < -0.4 is 11.1 Å². The van der Waals surface area contributed by atoms with Gasteiger partial charge in [0.2, 0.25) is 11.8 Å². The molecule has 4 heterocycles. The van der Waals surface area contributed by atoms with Crippen molar-refractivity contribution < 1.29 is 9.59 Å². The van der Waals surface area contributed by atoms with E-state index in [0.717, 1.165) is 39.4 Å². The lowest BCUT2D eigenvalue weighted by Crippen LogP contribution is -2.46. The number of aryl methyl sites for hydroxylation is 2. The molecule has 1 aliphatic heterocycles. The van der Waals surface area contributed by atoms with E-state index in [4.69, 9.17) is 5.73 Å². The number of piperidine rings is 1. The highest BCUT2D eigenvalue weighted by Crippen LogP contribution is 2.48. The largest absolute Gasteiger partial charge is 0.383 e. The maximum atomic E-state index is 14.0. The van der Waals surface area contributed by atoms with E-state index in [1.54, 1.807) is 17.0 Å². The van der Waals surface area contributed by atoms with Gasteiger partial charge in [0.1, 0.15) is 40.8 Å². The van der Waals surface area contributed by atoms with Gasteiger partial charge >= 0.3 is 0 Å². The molecule has 0 unspecified atom stereocenters. The Morgan fingerprint density at radius 1 is 1.05 bits per heavy atom. The van der Waals surface area contributed by atoms with Crippen LogP contribution in [0.3, 0.4) is 0 Å². The normalized spacial score (nSPS) is 19.5. The lowest BCUT2D eigenvalue weighted by molar-refractivity contribution is -0.138. The number of amides is 2. The summed E-state index contributed by atoms with van der Waals surface area (Å²) in [6.45, 7) is 4.15. The Labute approximate surface area is 244 Å². The predicted molar refractivity (Wildman–Crippen MR) is 162 cm³/mol. The Hall–Kier alpha value is -4.31. The van der Waals surface area contributed by atoms with E-state index in [9.17, 15) is 9.59 Å². The molecule has 5 aromatic rings. The van der Waals surface area contributed by atoms with Crippen LogP contribution in [0.4, 0.5) is 11.6 Å². The van der Waals surface area contributed by atoms with E-state index >= 15 is 0 Å². The third kappa shape index (κ3) is 4.42. The first-order chi connectivity index (χ1) is 19.8. The fourth-order valence-corrected chi connectivity index (χ4v) is 6.65. The number of nitrogens with zero attached hydrogens (tertiary/aromatic N) is 5. The topological polar surface area (TPSA) is 119 Å². The van der Waals surface area contributed by atoms with Crippen molar-refractivity contribution in [2.45, 2.75) is 45.3 Å². The molecular weight excluding hydrogens is 582 g/mol. The molecule has 3 atom stereocenters. The number of rotatable bonds is 5. The second kappa shape index (κ2) is 9.66. The van der Waals surface area contributed by atoms with Gasteiger partial charge in [0, 0.05) is 11.4 Å². The summed E-state index contributed by atoms with van der Waals surface area (Å²) in [6.07, 6.45) is 3.01. The zero-order valence-corrected chi connectivity index (χ0v) is 24.2. The summed E-state index contributed by atoms with van der Waals surface area (Å²) in [5.41, 5.74) is 12.2. The second-order valence-corrected chi connectivity index (χ2v) is 11.9. The summed E-state index contributed by atoms with van der Waals surface area (Å²) >= 11 is 3.34. The van der Waals surface area contributed by atoms with Crippen molar-refractivity contribution in [2.24, 2.45) is 5.92 Å². The van der Waals surface area contributed by atoms with Crippen LogP contribution in [0.15, 0.2) is 65.5 Å². The van der Waals surface area contributed by atoms with Gasteiger partial charge in [-0.05, 0) is 89.5 Å². The molecule has 2 aliphatic rings. The number of anilines is 2. The van der Waals surface area contributed by atoms with Crippen LogP contribution in [0.1, 0.15) is 24.0 Å². The van der Waals surface area contributed by atoms with Gasteiger partial charge in [-0.25, -0.2) is 15.0 Å². The zero-order valence-electron chi connectivity index (χ0n) is 22.6. The van der Waals surface area contributed by atoms with Crippen molar-refractivity contribution in [1.29, 1.82) is 0 Å². The molecule has 206 valence electrons. The van der Waals surface area contributed by atoms with Crippen LogP contribution in [-0.4, -0.2) is 48.3 Å². The van der Waals surface area contributed by atoms with Crippen molar-refractivity contribution >= 4 is 61.3 Å². The smallest absolute Gasteiger partial charge is 0.248 e. The van der Waals surface area contributed by atoms with Crippen molar-refractivity contribution in [3.63, 3.8) is 0 Å². The molecule has 2 fully saturated rings. The zero-order chi connectivity index (χ0) is 28.4. The lowest BCUT2D eigenvalue weighted by Gasteiger charge is -2.27. The number of benzene rings is 2. The fraction of sp³-hybridized carbons (Fsp3) is 0.258. The Balaban J connectivity index is 1.26. The minimum Gasteiger partial charge on any atom is -0.383 e. The summed E-state index contributed by atoms with van der Waals surface area (Å²) in [5, 5.41) is 4.53. The van der Waals surface area contributed by atoms with Crippen LogP contribution in [-0.2, 0) is 16.1 Å². The molecule has 41 heavy (non-hydrogen) atoms. The first kappa shape index (κ1) is 25.6. The van der Waals surface area contributed by atoms with Gasteiger partial charge in [0.25, 0.3) is 0 Å². The fourth-order valence-electron chi connectivity index (χ4n) is 6.31. The van der Waals surface area contributed by atoms with E-state index < -0.39 is 6.04 Å². The molecule has 2 aromatic carbocycles. The second-order valence-electron chi connectivity index (χ2n) is 11.0. The average molecular weight is 611 g/mol. The number of nitrogens with one attached hydrogen (secondary N) is 1. The molecular formula is C31H28BrN7O2. The molecule has 1 saturated heterocycles. The molecule has 10 heteroatoms. The number of hydrogen-bond donors (Lipinski definition) is 2. The van der Waals surface area contributed by atoms with Gasteiger partial charge in [-0.2, -0.15) is 0 Å². The van der Waals surface area contributed by atoms with Crippen molar-refractivity contribution in [3.8, 4) is 11.1 Å². The number of carbonyl (C=O) groups is 2. The number of hydrogen-bond acceptors (Lipinski definition) is 6. The maximum absolute atomic E-state index is 14.0. The van der Waals surface area contributed by atoms with Crippen LogP contribution in [0.2, 0.25) is 0 Å². The predicted octanol–water partition coefficient (Wildman–Crippen LogP) is 5.24. The van der Waals surface area contributed by atoms with Crippen molar-refractivity contribution in [2.75, 3.05) is 11.1 Å². The Bertz CT molecular complexity index is 1870. The number of likely N-dealkylation sites (tertiary alicyclic amines) is 1. The monoisotopic (exact) mass is 609 g/mol. The molecule has 0 bridgehead atoms. The number of nitrogen functional groups attached to an aromatic ring is 1. The highest BCUT2D eigenvalue weighted by Gasteiger charge is 2.56. The van der Waals surface area contributed by atoms with Crippen LogP contribution in [0.5, 0.6) is 0 Å². The maximum Gasteiger partial charge on any atom is 0.248 e. The van der Waals surface area contributed by atoms with Gasteiger partial charge in [0.15, 0.2) is 0 Å². The molecule has 0 radical (unpaired) electrons. The molecule has 2 amide bonds. The summed E-state index contributed by atoms with van der Waals surface area (Å²) in [4.78, 5) is 42.3. The average Bonchev–Trinajstić information content (AvgIpc) is 3.48. The van der Waals surface area contributed by atoms with E-state index in [0.29, 0.717) is 34.2 Å². The van der Waals surface area contributed by atoms with Crippen molar-refractivity contribution in [1.82, 2.24) is 24.4 Å². The highest BCUT2D eigenvalue weighted by molar-refractivity contribution is 9.10. The Morgan fingerprint density at radius 2 is 1.85 bits per heavy atom. The summed E-state index contributed by atoms with van der Waals surface area (Å²) in [6, 6.07) is 17.5. The van der Waals surface area contributed by atoms with Crippen LogP contribution in [0.25, 0.3) is 33.1 Å². The molecule has 3 aromatic heterocycles. The molecule has 9 nitrogen and oxygen atoms in total. The first-order valence-electron chi connectivity index (χ1n) is 13.6. The molecule has 3 N–H and O–H groups in total. The standard InChI is InChI=1S/C31H28BrN7O2/c1-16-6-8-18(9-7-16)19-10-17(2)28-21(11-19)27-29(33)34-15-35-30(27)38(28)14-26(40)39-22-12-20(22)13-23(39)31(41)37-25-5-3-4-24(32)36-25/h3-11,15,20,22-23H,12-14H2,1-2H3,(H2,33,34,35)(H,36,37,41)/t20-,22-,23+/m1/s1. The van der Waals surface area contributed by atoms with Crippen LogP contribution in [0, 0.1) is 19.8 Å². The van der Waals surface area contributed by atoms with E-state index in [1.165, 1.54) is 11.9 Å². The van der Waals surface area contributed by atoms with E-state index in [-0.39, 0.29) is 24.4 Å². The summed E-state index contributed by atoms with van der Waals surface area (Å²) in [7, 11) is 0. The van der Waals surface area contributed by atoms with Crippen molar-refractivity contribution in [3.05, 3.63) is 76.7 Å². The summed E-state index contributed by atoms with van der Waals surface area (Å²) < 4.78 is 2.56. The number of halogens is 1. The number of fused-ring (bicyclic) bond motifs is 4. The van der Waals surface area contributed by atoms with Crippen LogP contribution >= 0.6 is 15.9 Å². The highest BCUT2D eigenvalue weighted by atomic mass is 79.9. The molecule has 1 saturated carbocycles. The van der Waals surface area contributed by atoms with Gasteiger partial charge in [-0.15, -0.1) is 0 Å². The Kier molecular flexibility index (Phi) is 6.04. The minimum absolute atomic E-state index is 0.0449. The van der Waals surface area contributed by atoms with Gasteiger partial charge in [-0.3, -0.25) is 9.59 Å². The molecule has 0 spiro atoms. The van der Waals surface area contributed by atoms with E-state index in [2.05, 4.69) is 79.5 Å². The Morgan fingerprint density at radius 3 is 2.63 bits per heavy atom. The SMILES string of the molecule is Cc1ccc(-c2cc(C)c3c(c2)c2c(N)ncnc2n3CC(=O)N2[C@@H]3C[C@@H]3C[C@H]2C(=O)Nc2cccc(Br)n2)cc1. The molecule has 1 aliphatic carbocycles.